The van der Waals surface area contributed by atoms with E-state index >= 15 is 0 Å². The monoisotopic (exact) mass is 467 g/mol. The van der Waals surface area contributed by atoms with Crippen LogP contribution in [0.25, 0.3) is 5.69 Å². The first-order valence-corrected chi connectivity index (χ1v) is 10.0. The number of hydrogen-bond acceptors (Lipinski definition) is 4. The third-order valence-electron chi connectivity index (χ3n) is 4.68. The van der Waals surface area contributed by atoms with Gasteiger partial charge in [-0.15, -0.1) is 0 Å². The van der Waals surface area contributed by atoms with Crippen LogP contribution in [-0.2, 0) is 6.18 Å². The summed E-state index contributed by atoms with van der Waals surface area (Å²) in [5.41, 5.74) is 1.75. The van der Waals surface area contributed by atoms with E-state index in [-0.39, 0.29) is 18.9 Å². The second-order valence-electron chi connectivity index (χ2n) is 7.14. The molecule has 0 bridgehead atoms. The molecular weight excluding hydrogens is 447 g/mol. The standard InChI is InChI=1S/C22H21ClF3N3O3/c1-13-20(23)14(2)29(28-13)17-8-6-15(7-9-17)21(31)27-11-18(30)12-32-19-5-3-4-16(10-19)22(24,25)26/h3-10,18,30H,11-12H2,1-2H3,(H,27,31). The summed E-state index contributed by atoms with van der Waals surface area (Å²) < 4.78 is 45.1. The smallest absolute Gasteiger partial charge is 0.416 e. The molecular formula is C22H21ClF3N3O3. The highest BCUT2D eigenvalue weighted by Crippen LogP contribution is 2.31. The van der Waals surface area contributed by atoms with Crippen LogP contribution in [0.4, 0.5) is 13.2 Å². The fraction of sp³-hybridized carbons (Fsp3) is 0.273. The van der Waals surface area contributed by atoms with Gasteiger partial charge in [-0.3, -0.25) is 4.79 Å². The van der Waals surface area contributed by atoms with Gasteiger partial charge < -0.3 is 15.2 Å². The molecule has 1 unspecified atom stereocenters. The molecule has 0 aliphatic heterocycles. The highest BCUT2D eigenvalue weighted by Gasteiger charge is 2.30. The van der Waals surface area contributed by atoms with Crippen LogP contribution >= 0.6 is 11.6 Å². The molecule has 2 aromatic carbocycles. The molecule has 3 aromatic rings. The van der Waals surface area contributed by atoms with E-state index in [0.717, 1.165) is 23.5 Å². The summed E-state index contributed by atoms with van der Waals surface area (Å²) in [5.74, 6) is -0.439. The number of carbonyl (C=O) groups is 1. The molecule has 1 amide bonds. The van der Waals surface area contributed by atoms with Crippen molar-refractivity contribution < 1.29 is 27.8 Å². The van der Waals surface area contributed by atoms with E-state index in [1.165, 1.54) is 12.1 Å². The van der Waals surface area contributed by atoms with Gasteiger partial charge >= 0.3 is 6.18 Å². The predicted octanol–water partition coefficient (Wildman–Crippen LogP) is 4.33. The molecule has 1 aromatic heterocycles. The molecule has 6 nitrogen and oxygen atoms in total. The fourth-order valence-corrected chi connectivity index (χ4v) is 3.07. The van der Waals surface area contributed by atoms with Gasteiger partial charge in [-0.25, -0.2) is 4.68 Å². The lowest BCUT2D eigenvalue weighted by Gasteiger charge is -2.14. The summed E-state index contributed by atoms with van der Waals surface area (Å²) in [6.07, 6.45) is -5.59. The summed E-state index contributed by atoms with van der Waals surface area (Å²) >= 11 is 6.16. The average molecular weight is 468 g/mol. The zero-order chi connectivity index (χ0) is 23.5. The number of nitrogens with one attached hydrogen (secondary N) is 1. The molecule has 1 atom stereocenters. The first-order valence-electron chi connectivity index (χ1n) is 9.64. The molecule has 32 heavy (non-hydrogen) atoms. The lowest BCUT2D eigenvalue weighted by atomic mass is 10.2. The Morgan fingerprint density at radius 1 is 1.22 bits per heavy atom. The van der Waals surface area contributed by atoms with Crippen LogP contribution < -0.4 is 10.1 Å². The van der Waals surface area contributed by atoms with E-state index in [1.54, 1.807) is 35.9 Å². The van der Waals surface area contributed by atoms with E-state index in [1.807, 2.05) is 6.92 Å². The number of aryl methyl sites for hydroxylation is 1. The lowest BCUT2D eigenvalue weighted by molar-refractivity contribution is -0.137. The Morgan fingerprint density at radius 3 is 2.50 bits per heavy atom. The van der Waals surface area contributed by atoms with Crippen LogP contribution in [0.1, 0.15) is 27.3 Å². The number of amides is 1. The highest BCUT2D eigenvalue weighted by atomic mass is 35.5. The predicted molar refractivity (Wildman–Crippen MR) is 113 cm³/mol. The van der Waals surface area contributed by atoms with Gasteiger partial charge in [0, 0.05) is 12.1 Å². The third kappa shape index (κ3) is 5.60. The topological polar surface area (TPSA) is 76.4 Å². The Labute approximate surface area is 187 Å². The SMILES string of the molecule is Cc1nn(-c2ccc(C(=O)NCC(O)COc3cccc(C(F)(F)F)c3)cc2)c(C)c1Cl. The minimum absolute atomic E-state index is 0.0231. The molecule has 170 valence electrons. The van der Waals surface area contributed by atoms with E-state index in [9.17, 15) is 23.1 Å². The van der Waals surface area contributed by atoms with Crippen molar-refractivity contribution in [2.75, 3.05) is 13.2 Å². The summed E-state index contributed by atoms with van der Waals surface area (Å²) in [4.78, 5) is 12.3. The Morgan fingerprint density at radius 2 is 1.91 bits per heavy atom. The van der Waals surface area contributed by atoms with Gasteiger partial charge in [0.2, 0.25) is 0 Å². The Kier molecular flexibility index (Phi) is 7.10. The van der Waals surface area contributed by atoms with Crippen molar-refractivity contribution in [3.63, 3.8) is 0 Å². The number of hydrogen-bond donors (Lipinski definition) is 2. The molecule has 0 aliphatic rings. The van der Waals surface area contributed by atoms with E-state index < -0.39 is 23.8 Å². The lowest BCUT2D eigenvalue weighted by Crippen LogP contribution is -2.35. The van der Waals surface area contributed by atoms with Crippen LogP contribution in [0.2, 0.25) is 5.02 Å². The minimum Gasteiger partial charge on any atom is -0.491 e. The number of rotatable bonds is 7. The number of alkyl halides is 3. The Balaban J connectivity index is 1.52. The molecule has 0 spiro atoms. The van der Waals surface area contributed by atoms with Crippen LogP contribution in [0.3, 0.4) is 0 Å². The van der Waals surface area contributed by atoms with Gasteiger partial charge in [-0.2, -0.15) is 18.3 Å². The molecule has 2 N–H and O–H groups in total. The van der Waals surface area contributed by atoms with Crippen molar-refractivity contribution in [1.29, 1.82) is 0 Å². The number of aliphatic hydroxyl groups is 1. The summed E-state index contributed by atoms with van der Waals surface area (Å²) in [7, 11) is 0. The van der Waals surface area contributed by atoms with Crippen LogP contribution in [0, 0.1) is 13.8 Å². The molecule has 0 fully saturated rings. The van der Waals surface area contributed by atoms with Crippen molar-refractivity contribution in [2.24, 2.45) is 0 Å². The number of halogens is 4. The van der Waals surface area contributed by atoms with E-state index in [4.69, 9.17) is 16.3 Å². The fourth-order valence-electron chi connectivity index (χ4n) is 2.96. The number of aromatic nitrogens is 2. The first kappa shape index (κ1) is 23.6. The maximum atomic E-state index is 12.7. The highest BCUT2D eigenvalue weighted by molar-refractivity contribution is 6.31. The van der Waals surface area contributed by atoms with Crippen molar-refractivity contribution in [3.8, 4) is 11.4 Å². The minimum atomic E-state index is -4.48. The van der Waals surface area contributed by atoms with Gasteiger partial charge in [-0.05, 0) is 56.3 Å². The maximum Gasteiger partial charge on any atom is 0.416 e. The number of carbonyl (C=O) groups excluding carboxylic acids is 1. The molecule has 3 rings (SSSR count). The zero-order valence-electron chi connectivity index (χ0n) is 17.3. The second-order valence-corrected chi connectivity index (χ2v) is 7.52. The Hall–Kier alpha value is -3.04. The zero-order valence-corrected chi connectivity index (χ0v) is 18.0. The Bertz CT molecular complexity index is 1100. The van der Waals surface area contributed by atoms with E-state index in [2.05, 4.69) is 10.4 Å². The van der Waals surface area contributed by atoms with Crippen LogP contribution in [0.15, 0.2) is 48.5 Å². The molecule has 1 heterocycles. The van der Waals surface area contributed by atoms with Gasteiger partial charge in [0.25, 0.3) is 5.91 Å². The number of nitrogens with zero attached hydrogens (tertiary/aromatic N) is 2. The summed E-state index contributed by atoms with van der Waals surface area (Å²) in [5, 5.41) is 17.5. The first-order chi connectivity index (χ1) is 15.1. The molecule has 0 saturated carbocycles. The maximum absolute atomic E-state index is 12.7. The van der Waals surface area contributed by atoms with Gasteiger partial charge in [0.1, 0.15) is 18.5 Å². The molecule has 10 heteroatoms. The van der Waals surface area contributed by atoms with Gasteiger partial charge in [0.05, 0.1) is 27.7 Å². The third-order valence-corrected chi connectivity index (χ3v) is 5.23. The molecule has 0 saturated heterocycles. The number of aliphatic hydroxyl groups excluding tert-OH is 1. The molecule has 0 radical (unpaired) electrons. The van der Waals surface area contributed by atoms with Gasteiger partial charge in [0.15, 0.2) is 0 Å². The normalized spacial score (nSPS) is 12.5. The van der Waals surface area contributed by atoms with E-state index in [0.29, 0.717) is 16.3 Å². The van der Waals surface area contributed by atoms with Crippen LogP contribution in [-0.4, -0.2) is 40.0 Å². The van der Waals surface area contributed by atoms with Crippen molar-refractivity contribution in [3.05, 3.63) is 76.1 Å². The second kappa shape index (κ2) is 9.62. The van der Waals surface area contributed by atoms with Crippen molar-refractivity contribution >= 4 is 17.5 Å². The van der Waals surface area contributed by atoms with Crippen molar-refractivity contribution in [1.82, 2.24) is 15.1 Å². The van der Waals surface area contributed by atoms with Crippen LogP contribution in [0.5, 0.6) is 5.75 Å². The van der Waals surface area contributed by atoms with Crippen molar-refractivity contribution in [2.45, 2.75) is 26.1 Å². The molecule has 0 aliphatic carbocycles. The average Bonchev–Trinajstić information content (AvgIpc) is 3.03. The summed E-state index contributed by atoms with van der Waals surface area (Å²) in [6, 6.07) is 11.0. The quantitative estimate of drug-likeness (QED) is 0.542. The number of benzene rings is 2. The summed E-state index contributed by atoms with van der Waals surface area (Å²) in [6.45, 7) is 3.23. The largest absolute Gasteiger partial charge is 0.491 e. The number of ether oxygens (including phenoxy) is 1. The van der Waals surface area contributed by atoms with Gasteiger partial charge in [-0.1, -0.05) is 17.7 Å².